The fraction of sp³-hybridized carbons (Fsp3) is 0.0952. The van der Waals surface area contributed by atoms with Crippen molar-refractivity contribution in [2.24, 2.45) is 5.10 Å². The van der Waals surface area contributed by atoms with Crippen molar-refractivity contribution in [2.45, 2.75) is 17.0 Å². The van der Waals surface area contributed by atoms with Gasteiger partial charge in [-0.25, -0.2) is 10.4 Å². The largest absolute Gasteiger partial charge is 0.360 e. The minimum atomic E-state index is -0.226. The SMILES string of the molecule is C/C(=N\NC(=O)c1ccc(CSc2nc3ccccc3s2)cc1)c1ccc[nH]1. The fourth-order valence-electron chi connectivity index (χ4n) is 2.63. The number of benzene rings is 2. The van der Waals surface area contributed by atoms with Crippen molar-refractivity contribution in [1.82, 2.24) is 15.4 Å². The molecule has 0 aliphatic carbocycles. The van der Waals surface area contributed by atoms with Gasteiger partial charge in [0.15, 0.2) is 4.34 Å². The summed E-state index contributed by atoms with van der Waals surface area (Å²) in [6.07, 6.45) is 1.82. The minimum absolute atomic E-state index is 0.226. The van der Waals surface area contributed by atoms with E-state index in [0.29, 0.717) is 5.56 Å². The Kier molecular flexibility index (Phi) is 5.55. The van der Waals surface area contributed by atoms with E-state index < -0.39 is 0 Å². The average molecular weight is 407 g/mol. The number of nitrogens with zero attached hydrogens (tertiary/aromatic N) is 2. The molecular formula is C21H18N4OS2. The zero-order chi connectivity index (χ0) is 19.3. The van der Waals surface area contributed by atoms with Crippen LogP contribution in [0.1, 0.15) is 28.5 Å². The van der Waals surface area contributed by atoms with E-state index in [-0.39, 0.29) is 5.91 Å². The Morgan fingerprint density at radius 2 is 1.96 bits per heavy atom. The number of nitrogens with one attached hydrogen (secondary N) is 2. The molecule has 2 N–H and O–H groups in total. The molecule has 0 aliphatic rings. The number of rotatable bonds is 6. The number of carbonyl (C=O) groups excluding carboxylic acids is 1. The number of hydrazone groups is 1. The van der Waals surface area contributed by atoms with Gasteiger partial charge in [-0.1, -0.05) is 36.0 Å². The molecule has 4 rings (SSSR count). The lowest BCUT2D eigenvalue weighted by Gasteiger charge is -2.04. The van der Waals surface area contributed by atoms with Crippen molar-refractivity contribution < 1.29 is 4.79 Å². The van der Waals surface area contributed by atoms with E-state index in [1.807, 2.05) is 67.7 Å². The summed E-state index contributed by atoms with van der Waals surface area (Å²) in [5, 5.41) is 4.14. The van der Waals surface area contributed by atoms with Crippen molar-refractivity contribution in [3.05, 3.63) is 83.7 Å². The molecule has 0 atom stereocenters. The second kappa shape index (κ2) is 8.41. The van der Waals surface area contributed by atoms with E-state index in [4.69, 9.17) is 0 Å². The topological polar surface area (TPSA) is 70.1 Å². The van der Waals surface area contributed by atoms with Gasteiger partial charge in [-0.2, -0.15) is 5.10 Å². The molecule has 0 radical (unpaired) electrons. The average Bonchev–Trinajstić information content (AvgIpc) is 3.40. The molecule has 0 unspecified atom stereocenters. The molecule has 5 nitrogen and oxygen atoms in total. The van der Waals surface area contributed by atoms with Crippen LogP contribution in [0.5, 0.6) is 0 Å². The first kappa shape index (κ1) is 18.5. The van der Waals surface area contributed by atoms with Gasteiger partial charge in [-0.05, 0) is 48.9 Å². The summed E-state index contributed by atoms with van der Waals surface area (Å²) in [4.78, 5) is 20.0. The van der Waals surface area contributed by atoms with Gasteiger partial charge >= 0.3 is 0 Å². The summed E-state index contributed by atoms with van der Waals surface area (Å²) in [5.41, 5.74) is 6.96. The van der Waals surface area contributed by atoms with E-state index in [0.717, 1.165) is 32.6 Å². The van der Waals surface area contributed by atoms with E-state index in [9.17, 15) is 4.79 Å². The highest BCUT2D eigenvalue weighted by Crippen LogP contribution is 2.31. The number of H-pyrrole nitrogens is 1. The highest BCUT2D eigenvalue weighted by Gasteiger charge is 2.07. The maximum Gasteiger partial charge on any atom is 0.271 e. The van der Waals surface area contributed by atoms with E-state index in [1.54, 1.807) is 23.1 Å². The smallest absolute Gasteiger partial charge is 0.271 e. The van der Waals surface area contributed by atoms with Crippen LogP contribution in [0.25, 0.3) is 10.2 Å². The first-order chi connectivity index (χ1) is 13.7. The van der Waals surface area contributed by atoms with Gasteiger partial charge in [0.2, 0.25) is 0 Å². The van der Waals surface area contributed by atoms with E-state index in [1.165, 1.54) is 4.70 Å². The number of hydrogen-bond acceptors (Lipinski definition) is 5. The molecule has 0 saturated carbocycles. The molecule has 1 amide bonds. The number of carbonyl (C=O) groups is 1. The summed E-state index contributed by atoms with van der Waals surface area (Å²) in [7, 11) is 0. The molecule has 2 heterocycles. The standard InChI is InChI=1S/C21H18N4OS2/c1-14(17-6-4-12-22-17)24-25-20(26)16-10-8-15(9-11-16)13-27-21-23-18-5-2-3-7-19(18)28-21/h2-12,22H,13H2,1H3,(H,25,26)/b24-14+. The lowest BCUT2D eigenvalue weighted by Crippen LogP contribution is -2.19. The van der Waals surface area contributed by atoms with Crippen molar-refractivity contribution in [2.75, 3.05) is 0 Å². The minimum Gasteiger partial charge on any atom is -0.360 e. The molecule has 140 valence electrons. The summed E-state index contributed by atoms with van der Waals surface area (Å²) in [6, 6.07) is 19.5. The van der Waals surface area contributed by atoms with E-state index in [2.05, 4.69) is 26.6 Å². The molecule has 0 fully saturated rings. The molecule has 2 aromatic carbocycles. The second-order valence-corrected chi connectivity index (χ2v) is 8.41. The summed E-state index contributed by atoms with van der Waals surface area (Å²) in [6.45, 7) is 1.84. The predicted molar refractivity (Wildman–Crippen MR) is 116 cm³/mol. The normalized spacial score (nSPS) is 11.7. The lowest BCUT2D eigenvalue weighted by atomic mass is 10.1. The highest BCUT2D eigenvalue weighted by molar-refractivity contribution is 8.00. The predicted octanol–water partition coefficient (Wildman–Crippen LogP) is 5.07. The number of fused-ring (bicyclic) bond motifs is 1. The van der Waals surface area contributed by atoms with Gasteiger partial charge in [0, 0.05) is 17.5 Å². The number of thiazole rings is 1. The van der Waals surface area contributed by atoms with Crippen molar-refractivity contribution in [1.29, 1.82) is 0 Å². The van der Waals surface area contributed by atoms with Crippen LogP contribution in [0, 0.1) is 0 Å². The Balaban J connectivity index is 1.35. The highest BCUT2D eigenvalue weighted by atomic mass is 32.2. The number of aromatic nitrogens is 2. The number of para-hydroxylation sites is 1. The summed E-state index contributed by atoms with van der Waals surface area (Å²) in [5.74, 6) is 0.586. The van der Waals surface area contributed by atoms with Crippen LogP contribution in [0.4, 0.5) is 0 Å². The molecule has 2 aromatic heterocycles. The first-order valence-corrected chi connectivity index (χ1v) is 10.5. The van der Waals surface area contributed by atoms with Gasteiger partial charge in [0.05, 0.1) is 21.6 Å². The summed E-state index contributed by atoms with van der Waals surface area (Å²) < 4.78 is 2.25. The van der Waals surface area contributed by atoms with Crippen molar-refractivity contribution in [3.63, 3.8) is 0 Å². The van der Waals surface area contributed by atoms with Crippen LogP contribution in [0.3, 0.4) is 0 Å². The van der Waals surface area contributed by atoms with Crippen LogP contribution >= 0.6 is 23.1 Å². The van der Waals surface area contributed by atoms with Gasteiger partial charge < -0.3 is 4.98 Å². The zero-order valence-electron chi connectivity index (χ0n) is 15.2. The zero-order valence-corrected chi connectivity index (χ0v) is 16.8. The Hall–Kier alpha value is -2.90. The van der Waals surface area contributed by atoms with Gasteiger partial charge in [-0.15, -0.1) is 11.3 Å². The van der Waals surface area contributed by atoms with Crippen LogP contribution in [0.2, 0.25) is 0 Å². The molecule has 7 heteroatoms. The molecule has 0 saturated heterocycles. The van der Waals surface area contributed by atoms with Gasteiger partial charge in [0.25, 0.3) is 5.91 Å². The van der Waals surface area contributed by atoms with Crippen molar-refractivity contribution in [3.8, 4) is 0 Å². The molecule has 0 spiro atoms. The molecule has 28 heavy (non-hydrogen) atoms. The van der Waals surface area contributed by atoms with Gasteiger partial charge in [0.1, 0.15) is 0 Å². The third-order valence-corrected chi connectivity index (χ3v) is 6.42. The van der Waals surface area contributed by atoms with Crippen LogP contribution in [-0.4, -0.2) is 21.6 Å². The van der Waals surface area contributed by atoms with Crippen LogP contribution in [0.15, 0.2) is 76.3 Å². The lowest BCUT2D eigenvalue weighted by molar-refractivity contribution is 0.0955. The first-order valence-electron chi connectivity index (χ1n) is 8.75. The Morgan fingerprint density at radius 3 is 2.71 bits per heavy atom. The van der Waals surface area contributed by atoms with E-state index >= 15 is 0 Å². The maximum absolute atomic E-state index is 12.3. The number of amides is 1. The third-order valence-electron chi connectivity index (χ3n) is 4.17. The Morgan fingerprint density at radius 1 is 1.14 bits per heavy atom. The number of hydrogen-bond donors (Lipinski definition) is 2. The molecular weight excluding hydrogens is 388 g/mol. The van der Waals surface area contributed by atoms with Crippen LogP contribution in [-0.2, 0) is 5.75 Å². The molecule has 0 aliphatic heterocycles. The summed E-state index contributed by atoms with van der Waals surface area (Å²) >= 11 is 3.41. The fourth-order valence-corrected chi connectivity index (χ4v) is 4.65. The van der Waals surface area contributed by atoms with Gasteiger partial charge in [-0.3, -0.25) is 4.79 Å². The molecule has 0 bridgehead atoms. The van der Waals surface area contributed by atoms with Crippen molar-refractivity contribution >= 4 is 44.9 Å². The monoisotopic (exact) mass is 406 g/mol. The quantitative estimate of drug-likeness (QED) is 0.267. The second-order valence-electron chi connectivity index (χ2n) is 6.16. The maximum atomic E-state index is 12.3. The number of thioether (sulfide) groups is 1. The Labute approximate surface area is 170 Å². The van der Waals surface area contributed by atoms with Crippen LogP contribution < -0.4 is 5.43 Å². The molecule has 4 aromatic rings. The third kappa shape index (κ3) is 4.32. The Bertz CT molecular complexity index is 1080. The number of aromatic amines is 1.